The van der Waals surface area contributed by atoms with Crippen LogP contribution in [-0.2, 0) is 0 Å². The molecule has 0 aliphatic carbocycles. The van der Waals surface area contributed by atoms with E-state index < -0.39 is 4.92 Å². The molecule has 0 fully saturated rings. The number of nitrogens with zero attached hydrogens (tertiary/aromatic N) is 3. The van der Waals surface area contributed by atoms with Crippen molar-refractivity contribution in [3.63, 3.8) is 0 Å². The average Bonchev–Trinajstić information content (AvgIpc) is 2.62. The van der Waals surface area contributed by atoms with Crippen molar-refractivity contribution in [1.29, 1.82) is 0 Å². The Morgan fingerprint density at radius 2 is 1.69 bits per heavy atom. The molecule has 1 heterocycles. The van der Waals surface area contributed by atoms with Gasteiger partial charge in [-0.25, -0.2) is 4.98 Å². The summed E-state index contributed by atoms with van der Waals surface area (Å²) in [6.45, 7) is 4.03. The first-order chi connectivity index (χ1) is 12.5. The van der Waals surface area contributed by atoms with Crippen LogP contribution in [0.4, 0.5) is 23.1 Å². The molecule has 2 aromatic carbocycles. The Bertz CT molecular complexity index is 896. The lowest BCUT2D eigenvalue weighted by molar-refractivity contribution is -0.384. The molecule has 7 nitrogen and oxygen atoms in total. The van der Waals surface area contributed by atoms with E-state index in [1.54, 1.807) is 12.1 Å². The van der Waals surface area contributed by atoms with Crippen molar-refractivity contribution in [3.05, 3.63) is 70.8 Å². The van der Waals surface area contributed by atoms with E-state index in [1.165, 1.54) is 12.1 Å². The molecule has 0 amide bonds. The van der Waals surface area contributed by atoms with Gasteiger partial charge in [-0.3, -0.25) is 10.1 Å². The van der Waals surface area contributed by atoms with Gasteiger partial charge in [0.1, 0.15) is 5.82 Å². The fourth-order valence-corrected chi connectivity index (χ4v) is 2.41. The third-order valence-electron chi connectivity index (χ3n) is 3.56. The number of nitrogens with one attached hydrogen (secondary N) is 2. The van der Waals surface area contributed by atoms with Crippen molar-refractivity contribution in [2.75, 3.05) is 10.6 Å². The molecular formula is C19H19N5O2. The van der Waals surface area contributed by atoms with Crippen molar-refractivity contribution >= 4 is 23.1 Å². The van der Waals surface area contributed by atoms with Crippen molar-refractivity contribution in [3.8, 4) is 11.3 Å². The first-order valence-corrected chi connectivity index (χ1v) is 8.24. The fraction of sp³-hybridized carbons (Fsp3) is 0.158. The molecule has 0 radical (unpaired) electrons. The first kappa shape index (κ1) is 17.3. The number of non-ortho nitro benzene ring substituents is 1. The predicted octanol–water partition coefficient (Wildman–Crippen LogP) is 4.62. The lowest BCUT2D eigenvalue weighted by Crippen LogP contribution is -2.13. The van der Waals surface area contributed by atoms with Crippen LogP contribution in [0.25, 0.3) is 11.3 Å². The number of aromatic nitrogens is 2. The largest absolute Gasteiger partial charge is 0.352 e. The van der Waals surface area contributed by atoms with Gasteiger partial charge < -0.3 is 10.6 Å². The third kappa shape index (κ3) is 4.32. The van der Waals surface area contributed by atoms with Crippen LogP contribution >= 0.6 is 0 Å². The molecule has 0 unspecified atom stereocenters. The van der Waals surface area contributed by atoms with Crippen LogP contribution in [0.5, 0.6) is 0 Å². The van der Waals surface area contributed by atoms with E-state index >= 15 is 0 Å². The molecule has 0 spiro atoms. The molecular weight excluding hydrogens is 330 g/mol. The first-order valence-electron chi connectivity index (χ1n) is 8.24. The van der Waals surface area contributed by atoms with Crippen LogP contribution in [0.15, 0.2) is 60.7 Å². The number of anilines is 3. The van der Waals surface area contributed by atoms with Gasteiger partial charge in [0, 0.05) is 35.5 Å². The third-order valence-corrected chi connectivity index (χ3v) is 3.56. The van der Waals surface area contributed by atoms with Gasteiger partial charge in [-0.15, -0.1) is 0 Å². The van der Waals surface area contributed by atoms with Gasteiger partial charge in [-0.1, -0.05) is 30.3 Å². The van der Waals surface area contributed by atoms with Crippen LogP contribution < -0.4 is 10.6 Å². The number of nitro benzene ring substituents is 1. The lowest BCUT2D eigenvalue weighted by atomic mass is 10.1. The molecule has 132 valence electrons. The zero-order valence-electron chi connectivity index (χ0n) is 14.5. The minimum atomic E-state index is -0.424. The molecule has 0 aliphatic rings. The lowest BCUT2D eigenvalue weighted by Gasteiger charge is -2.13. The summed E-state index contributed by atoms with van der Waals surface area (Å²) in [5, 5.41) is 17.2. The molecule has 0 bridgehead atoms. The number of hydrogen-bond acceptors (Lipinski definition) is 6. The van der Waals surface area contributed by atoms with E-state index in [0.29, 0.717) is 17.5 Å². The fourth-order valence-electron chi connectivity index (χ4n) is 2.41. The Hall–Kier alpha value is -3.48. The molecule has 0 saturated carbocycles. The standard InChI is InChI=1S/C19H19N5O2/c1-13(2)20-19-22-17(14-6-4-3-5-7-14)12-18(23-19)21-15-8-10-16(11-9-15)24(25)26/h3-13H,1-2H3,(H2,20,21,22,23). The van der Waals surface area contributed by atoms with Gasteiger partial charge >= 0.3 is 0 Å². The summed E-state index contributed by atoms with van der Waals surface area (Å²) in [5.74, 6) is 1.13. The summed E-state index contributed by atoms with van der Waals surface area (Å²) in [6, 6.07) is 18.1. The van der Waals surface area contributed by atoms with Crippen LogP contribution in [0.2, 0.25) is 0 Å². The zero-order chi connectivity index (χ0) is 18.5. The highest BCUT2D eigenvalue weighted by Gasteiger charge is 2.09. The minimum absolute atomic E-state index is 0.0466. The highest BCUT2D eigenvalue weighted by Crippen LogP contribution is 2.24. The van der Waals surface area contributed by atoms with Crippen LogP contribution in [0.3, 0.4) is 0 Å². The van der Waals surface area contributed by atoms with Gasteiger partial charge in [0.25, 0.3) is 5.69 Å². The van der Waals surface area contributed by atoms with Gasteiger partial charge in [-0.2, -0.15) is 4.98 Å². The van der Waals surface area contributed by atoms with Gasteiger partial charge in [0.15, 0.2) is 0 Å². The van der Waals surface area contributed by atoms with E-state index in [-0.39, 0.29) is 11.7 Å². The highest BCUT2D eigenvalue weighted by molar-refractivity contribution is 5.67. The van der Waals surface area contributed by atoms with E-state index in [2.05, 4.69) is 20.6 Å². The molecule has 0 saturated heterocycles. The van der Waals surface area contributed by atoms with Crippen molar-refractivity contribution in [2.45, 2.75) is 19.9 Å². The van der Waals surface area contributed by atoms with E-state index in [0.717, 1.165) is 11.3 Å². The van der Waals surface area contributed by atoms with Crippen molar-refractivity contribution in [1.82, 2.24) is 9.97 Å². The SMILES string of the molecule is CC(C)Nc1nc(Nc2ccc([N+](=O)[O-])cc2)cc(-c2ccccc2)n1. The molecule has 7 heteroatoms. The number of rotatable bonds is 6. The molecule has 26 heavy (non-hydrogen) atoms. The number of hydrogen-bond donors (Lipinski definition) is 2. The number of benzene rings is 2. The predicted molar refractivity (Wildman–Crippen MR) is 103 cm³/mol. The number of nitro groups is 1. The summed E-state index contributed by atoms with van der Waals surface area (Å²) in [6.07, 6.45) is 0. The quantitative estimate of drug-likeness (QED) is 0.498. The molecule has 2 N–H and O–H groups in total. The topological polar surface area (TPSA) is 93.0 Å². The maximum absolute atomic E-state index is 10.8. The van der Waals surface area contributed by atoms with Crippen molar-refractivity contribution in [2.24, 2.45) is 0 Å². The Labute approximate surface area is 151 Å². The Morgan fingerprint density at radius 1 is 1.00 bits per heavy atom. The highest BCUT2D eigenvalue weighted by atomic mass is 16.6. The minimum Gasteiger partial charge on any atom is -0.352 e. The van der Waals surface area contributed by atoms with Crippen molar-refractivity contribution < 1.29 is 4.92 Å². The molecule has 3 rings (SSSR count). The van der Waals surface area contributed by atoms with Gasteiger partial charge in [-0.05, 0) is 26.0 Å². The molecule has 0 aliphatic heterocycles. The molecule has 1 aromatic heterocycles. The van der Waals surface area contributed by atoms with E-state index in [9.17, 15) is 10.1 Å². The average molecular weight is 349 g/mol. The zero-order valence-corrected chi connectivity index (χ0v) is 14.5. The molecule has 0 atom stereocenters. The van der Waals surface area contributed by atoms with Crippen LogP contribution in [0.1, 0.15) is 13.8 Å². The Balaban J connectivity index is 1.93. The smallest absolute Gasteiger partial charge is 0.269 e. The maximum atomic E-state index is 10.8. The Morgan fingerprint density at radius 3 is 2.31 bits per heavy atom. The summed E-state index contributed by atoms with van der Waals surface area (Å²) in [5.41, 5.74) is 2.52. The molecule has 3 aromatic rings. The summed E-state index contributed by atoms with van der Waals surface area (Å²) in [4.78, 5) is 19.4. The second-order valence-electron chi connectivity index (χ2n) is 6.06. The van der Waals surface area contributed by atoms with Gasteiger partial charge in [0.05, 0.1) is 10.6 Å². The second-order valence-corrected chi connectivity index (χ2v) is 6.06. The Kier molecular flexibility index (Phi) is 5.07. The summed E-state index contributed by atoms with van der Waals surface area (Å²) in [7, 11) is 0. The normalized spacial score (nSPS) is 10.6. The summed E-state index contributed by atoms with van der Waals surface area (Å²) >= 11 is 0. The van der Waals surface area contributed by atoms with Crippen LogP contribution in [-0.4, -0.2) is 20.9 Å². The van der Waals surface area contributed by atoms with Crippen LogP contribution in [0, 0.1) is 10.1 Å². The second kappa shape index (κ2) is 7.60. The van der Waals surface area contributed by atoms with E-state index in [1.807, 2.05) is 50.2 Å². The van der Waals surface area contributed by atoms with Gasteiger partial charge in [0.2, 0.25) is 5.95 Å². The summed E-state index contributed by atoms with van der Waals surface area (Å²) < 4.78 is 0. The maximum Gasteiger partial charge on any atom is 0.269 e. The van der Waals surface area contributed by atoms with E-state index in [4.69, 9.17) is 0 Å². The monoisotopic (exact) mass is 349 g/mol.